The van der Waals surface area contributed by atoms with Crippen molar-refractivity contribution in [3.8, 4) is 0 Å². The number of anilines is 1. The van der Waals surface area contributed by atoms with E-state index in [0.29, 0.717) is 12.5 Å². The molecule has 0 atom stereocenters. The number of amides is 1. The zero-order chi connectivity index (χ0) is 19.9. The minimum atomic E-state index is -3.33. The van der Waals surface area contributed by atoms with Gasteiger partial charge in [-0.05, 0) is 51.0 Å². The fourth-order valence-corrected chi connectivity index (χ4v) is 3.66. The van der Waals surface area contributed by atoms with Crippen LogP contribution in [0.5, 0.6) is 0 Å². The molecule has 1 rings (SSSR count). The largest absolute Gasteiger partial charge is 0.326 e. The first-order valence-corrected chi connectivity index (χ1v) is 10.9. The van der Waals surface area contributed by atoms with Crippen LogP contribution in [-0.2, 0) is 14.8 Å². The van der Waals surface area contributed by atoms with Crippen LogP contribution in [0.3, 0.4) is 0 Å². The van der Waals surface area contributed by atoms with Gasteiger partial charge in [0.2, 0.25) is 15.9 Å². The number of benzene rings is 1. The molecule has 0 aliphatic rings. The van der Waals surface area contributed by atoms with E-state index in [1.807, 2.05) is 44.1 Å². The number of carbonyl (C=O) groups is 1. The van der Waals surface area contributed by atoms with Crippen LogP contribution in [0.25, 0.3) is 0 Å². The predicted molar refractivity (Wildman–Crippen MR) is 108 cm³/mol. The van der Waals surface area contributed by atoms with E-state index in [9.17, 15) is 13.2 Å². The van der Waals surface area contributed by atoms with Gasteiger partial charge in [-0.3, -0.25) is 4.79 Å². The number of rotatable bonds is 10. The predicted octanol–water partition coefficient (Wildman–Crippen LogP) is 2.66. The van der Waals surface area contributed by atoms with Crippen molar-refractivity contribution in [3.05, 3.63) is 29.3 Å². The summed E-state index contributed by atoms with van der Waals surface area (Å²) in [5.41, 5.74) is 2.94. The van der Waals surface area contributed by atoms with E-state index in [-0.39, 0.29) is 18.9 Å². The van der Waals surface area contributed by atoms with Crippen LogP contribution in [0.15, 0.2) is 18.2 Å². The van der Waals surface area contributed by atoms with Crippen molar-refractivity contribution in [3.63, 3.8) is 0 Å². The summed E-state index contributed by atoms with van der Waals surface area (Å²) in [6.45, 7) is 7.55. The number of carbonyl (C=O) groups excluding carboxylic acids is 1. The molecule has 0 spiro atoms. The second-order valence-corrected chi connectivity index (χ2v) is 9.29. The van der Waals surface area contributed by atoms with Gasteiger partial charge in [0, 0.05) is 25.2 Å². The molecule has 0 bridgehead atoms. The Morgan fingerprint density at radius 1 is 1.15 bits per heavy atom. The maximum Gasteiger partial charge on any atom is 0.225 e. The average molecular weight is 384 g/mol. The lowest BCUT2D eigenvalue weighted by molar-refractivity contribution is -0.116. The Bertz CT molecular complexity index is 700. The molecule has 0 saturated carbocycles. The third kappa shape index (κ3) is 7.43. The zero-order valence-electron chi connectivity index (χ0n) is 16.9. The lowest BCUT2D eigenvalue weighted by Crippen LogP contribution is -2.35. The number of nitrogens with zero attached hydrogens (tertiary/aromatic N) is 2. The number of hydrogen-bond donors (Lipinski definition) is 1. The van der Waals surface area contributed by atoms with Crippen LogP contribution < -0.4 is 5.32 Å². The molecule has 148 valence electrons. The highest BCUT2D eigenvalue weighted by molar-refractivity contribution is 7.88. The Balaban J connectivity index is 2.72. The third-order valence-electron chi connectivity index (χ3n) is 4.26. The molecule has 0 unspecified atom stereocenters. The van der Waals surface area contributed by atoms with Crippen LogP contribution in [0.2, 0.25) is 0 Å². The Kier molecular flexibility index (Phi) is 8.73. The SMILES string of the molecule is Cc1cccc(C(C)C)c1NC(=O)CCN(CCCN(C)C)S(C)(=O)=O. The molecule has 1 aromatic carbocycles. The summed E-state index contributed by atoms with van der Waals surface area (Å²) in [6, 6.07) is 5.96. The van der Waals surface area contributed by atoms with Gasteiger partial charge in [0.25, 0.3) is 0 Å². The van der Waals surface area contributed by atoms with Gasteiger partial charge in [-0.25, -0.2) is 12.7 Å². The summed E-state index contributed by atoms with van der Waals surface area (Å²) in [7, 11) is 0.576. The Hall–Kier alpha value is -1.44. The third-order valence-corrected chi connectivity index (χ3v) is 5.56. The van der Waals surface area contributed by atoms with Crippen LogP contribution in [0.4, 0.5) is 5.69 Å². The monoisotopic (exact) mass is 383 g/mol. The maximum absolute atomic E-state index is 12.4. The number of hydrogen-bond acceptors (Lipinski definition) is 4. The van der Waals surface area contributed by atoms with Gasteiger partial charge in [0.15, 0.2) is 0 Å². The van der Waals surface area contributed by atoms with Gasteiger partial charge in [0.1, 0.15) is 0 Å². The van der Waals surface area contributed by atoms with Crippen molar-refractivity contribution < 1.29 is 13.2 Å². The summed E-state index contributed by atoms with van der Waals surface area (Å²) in [6.07, 6.45) is 2.07. The standard InChI is InChI=1S/C19H33N3O3S/c1-15(2)17-10-7-9-16(3)19(17)20-18(23)11-14-22(26(6,24)25)13-8-12-21(4)5/h7,9-10,15H,8,11-14H2,1-6H3,(H,20,23). The smallest absolute Gasteiger partial charge is 0.225 e. The molecule has 6 nitrogen and oxygen atoms in total. The second kappa shape index (κ2) is 10.0. The first-order valence-electron chi connectivity index (χ1n) is 9.01. The number of nitrogens with one attached hydrogen (secondary N) is 1. The fourth-order valence-electron chi connectivity index (χ4n) is 2.78. The molecule has 0 saturated heterocycles. The van der Waals surface area contributed by atoms with Crippen molar-refractivity contribution >= 4 is 21.6 Å². The number of sulfonamides is 1. The summed E-state index contributed by atoms with van der Waals surface area (Å²) in [5, 5.41) is 2.97. The van der Waals surface area contributed by atoms with Gasteiger partial charge < -0.3 is 10.2 Å². The lowest BCUT2D eigenvalue weighted by Gasteiger charge is -2.21. The highest BCUT2D eigenvalue weighted by Crippen LogP contribution is 2.27. The van der Waals surface area contributed by atoms with E-state index in [1.165, 1.54) is 10.6 Å². The molecule has 7 heteroatoms. The van der Waals surface area contributed by atoms with Crippen molar-refractivity contribution in [1.82, 2.24) is 9.21 Å². The van der Waals surface area contributed by atoms with Crippen molar-refractivity contribution in [1.29, 1.82) is 0 Å². The van der Waals surface area contributed by atoms with Crippen LogP contribution in [0.1, 0.15) is 43.7 Å². The van der Waals surface area contributed by atoms with E-state index in [4.69, 9.17) is 0 Å². The average Bonchev–Trinajstić information content (AvgIpc) is 2.50. The molecule has 0 fully saturated rings. The highest BCUT2D eigenvalue weighted by Gasteiger charge is 2.18. The van der Waals surface area contributed by atoms with E-state index in [1.54, 1.807) is 0 Å². The van der Waals surface area contributed by atoms with Crippen molar-refractivity contribution in [2.75, 3.05) is 45.3 Å². The Labute approximate surface area is 158 Å². The molecule has 26 heavy (non-hydrogen) atoms. The fraction of sp³-hybridized carbons (Fsp3) is 0.632. The molecule has 1 aromatic rings. The van der Waals surface area contributed by atoms with Crippen molar-refractivity contribution in [2.45, 2.75) is 39.5 Å². The second-order valence-electron chi connectivity index (χ2n) is 7.31. The normalized spacial score (nSPS) is 12.2. The summed E-state index contributed by atoms with van der Waals surface area (Å²) in [5.74, 6) is 0.131. The van der Waals surface area contributed by atoms with Crippen LogP contribution >= 0.6 is 0 Å². The first kappa shape index (κ1) is 22.6. The molecule has 0 aliphatic heterocycles. The van der Waals surface area contributed by atoms with Crippen molar-refractivity contribution in [2.24, 2.45) is 0 Å². The Morgan fingerprint density at radius 2 is 1.81 bits per heavy atom. The van der Waals surface area contributed by atoms with Gasteiger partial charge in [-0.15, -0.1) is 0 Å². The zero-order valence-corrected chi connectivity index (χ0v) is 17.7. The topological polar surface area (TPSA) is 69.7 Å². The minimum absolute atomic E-state index is 0.140. The summed E-state index contributed by atoms with van der Waals surface area (Å²) in [4.78, 5) is 14.4. The van der Waals surface area contributed by atoms with Gasteiger partial charge in [-0.2, -0.15) is 0 Å². The van der Waals surface area contributed by atoms with Crippen LogP contribution in [-0.4, -0.2) is 63.5 Å². The van der Waals surface area contributed by atoms with Gasteiger partial charge >= 0.3 is 0 Å². The molecular formula is C19H33N3O3S. The minimum Gasteiger partial charge on any atom is -0.326 e. The molecule has 0 radical (unpaired) electrons. The maximum atomic E-state index is 12.4. The number of aryl methyl sites for hydroxylation is 1. The lowest BCUT2D eigenvalue weighted by atomic mass is 9.98. The molecule has 1 amide bonds. The van der Waals surface area contributed by atoms with E-state index < -0.39 is 10.0 Å². The summed E-state index contributed by atoms with van der Waals surface area (Å²) < 4.78 is 25.3. The molecule has 0 heterocycles. The van der Waals surface area contributed by atoms with Gasteiger partial charge in [0.05, 0.1) is 6.26 Å². The van der Waals surface area contributed by atoms with E-state index in [0.717, 1.165) is 29.8 Å². The first-order chi connectivity index (χ1) is 12.0. The molecule has 0 aromatic heterocycles. The van der Waals surface area contributed by atoms with Crippen LogP contribution in [0, 0.1) is 6.92 Å². The number of para-hydroxylation sites is 1. The molecule has 0 aliphatic carbocycles. The van der Waals surface area contributed by atoms with E-state index in [2.05, 4.69) is 19.2 Å². The molecule has 1 N–H and O–H groups in total. The van der Waals surface area contributed by atoms with Gasteiger partial charge in [-0.1, -0.05) is 32.0 Å². The Morgan fingerprint density at radius 3 is 2.35 bits per heavy atom. The molecular weight excluding hydrogens is 350 g/mol. The quantitative estimate of drug-likeness (QED) is 0.674. The van der Waals surface area contributed by atoms with E-state index >= 15 is 0 Å². The summed E-state index contributed by atoms with van der Waals surface area (Å²) >= 11 is 0. The highest BCUT2D eigenvalue weighted by atomic mass is 32.2.